The molecular formula is C25H30N2O6. The minimum atomic E-state index is -0.675. The second-order valence-electron chi connectivity index (χ2n) is 9.74. The van der Waals surface area contributed by atoms with E-state index in [9.17, 15) is 19.5 Å². The summed E-state index contributed by atoms with van der Waals surface area (Å²) >= 11 is 0. The number of rotatable bonds is 4. The van der Waals surface area contributed by atoms with Crippen molar-refractivity contribution in [3.8, 4) is 0 Å². The molecule has 1 N–H and O–H groups in total. The minimum Gasteiger partial charge on any atom is -0.457 e. The van der Waals surface area contributed by atoms with Crippen molar-refractivity contribution in [3.63, 3.8) is 0 Å². The van der Waals surface area contributed by atoms with E-state index in [0.29, 0.717) is 29.9 Å². The normalized spacial score (nSPS) is 25.6. The van der Waals surface area contributed by atoms with E-state index in [-0.39, 0.29) is 30.6 Å². The maximum Gasteiger partial charge on any atom is 0.338 e. The van der Waals surface area contributed by atoms with E-state index in [4.69, 9.17) is 9.47 Å². The topological polar surface area (TPSA) is 96.4 Å². The van der Waals surface area contributed by atoms with Gasteiger partial charge in [-0.3, -0.25) is 4.79 Å². The lowest BCUT2D eigenvalue weighted by Crippen LogP contribution is -2.46. The van der Waals surface area contributed by atoms with Gasteiger partial charge in [-0.2, -0.15) is 0 Å². The second kappa shape index (κ2) is 7.95. The van der Waals surface area contributed by atoms with Crippen LogP contribution in [0.1, 0.15) is 66.3 Å². The number of amides is 1. The van der Waals surface area contributed by atoms with Gasteiger partial charge in [0.1, 0.15) is 12.7 Å². The van der Waals surface area contributed by atoms with Crippen molar-refractivity contribution in [2.45, 2.75) is 58.8 Å². The van der Waals surface area contributed by atoms with Gasteiger partial charge in [0.2, 0.25) is 5.91 Å². The fourth-order valence-corrected chi connectivity index (χ4v) is 5.89. The molecule has 1 spiro atoms. The van der Waals surface area contributed by atoms with Gasteiger partial charge in [-0.05, 0) is 70.3 Å². The number of piperidine rings is 1. The fourth-order valence-electron chi connectivity index (χ4n) is 5.89. The van der Waals surface area contributed by atoms with Crippen LogP contribution in [-0.2, 0) is 25.7 Å². The molecule has 0 bridgehead atoms. The Morgan fingerprint density at radius 1 is 1.09 bits per heavy atom. The monoisotopic (exact) mass is 454 g/mol. The van der Waals surface area contributed by atoms with E-state index in [1.54, 1.807) is 17.9 Å². The van der Waals surface area contributed by atoms with E-state index in [2.05, 4.69) is 4.90 Å². The zero-order valence-electron chi connectivity index (χ0n) is 19.3. The largest absolute Gasteiger partial charge is 0.457 e. The summed E-state index contributed by atoms with van der Waals surface area (Å²) in [4.78, 5) is 41.1. The average Bonchev–Trinajstić information content (AvgIpc) is 3.39. The van der Waals surface area contributed by atoms with Crippen molar-refractivity contribution < 1.29 is 29.0 Å². The highest BCUT2D eigenvalue weighted by atomic mass is 16.5. The summed E-state index contributed by atoms with van der Waals surface area (Å²) in [5, 5.41) is 10.9. The van der Waals surface area contributed by atoms with Crippen LogP contribution in [0.5, 0.6) is 0 Å². The molecular weight excluding hydrogens is 424 g/mol. The number of hydrogen-bond acceptors (Lipinski definition) is 7. The van der Waals surface area contributed by atoms with Gasteiger partial charge in [0.05, 0.1) is 28.4 Å². The van der Waals surface area contributed by atoms with Gasteiger partial charge < -0.3 is 24.4 Å². The number of β-amino-alcohol motifs (C(OH)–C–C–N with tert-alkyl or cyclic N) is 1. The molecule has 4 aliphatic rings. The number of carbonyl (C=O) groups excluding carboxylic acids is 3. The number of hydrogen-bond donors (Lipinski definition) is 1. The van der Waals surface area contributed by atoms with Crippen LogP contribution in [0.15, 0.2) is 23.4 Å². The minimum absolute atomic E-state index is 0.0985. The maximum atomic E-state index is 13.4. The summed E-state index contributed by atoms with van der Waals surface area (Å²) in [5.74, 6) is -0.547. The zero-order valence-corrected chi connectivity index (χ0v) is 19.3. The van der Waals surface area contributed by atoms with Crippen LogP contribution in [-0.4, -0.2) is 65.0 Å². The number of carbonyl (C=O) groups is 3. The molecule has 1 aromatic rings. The lowest BCUT2D eigenvalue weighted by Gasteiger charge is -2.39. The number of nitrogens with zero attached hydrogens (tertiary/aromatic N) is 2. The van der Waals surface area contributed by atoms with Crippen LogP contribution in [0.2, 0.25) is 0 Å². The molecule has 1 amide bonds. The third kappa shape index (κ3) is 3.47. The molecule has 0 aromatic heterocycles. The van der Waals surface area contributed by atoms with Crippen molar-refractivity contribution in [3.05, 3.63) is 45.7 Å². The molecule has 2 saturated heterocycles. The molecule has 176 valence electrons. The third-order valence-corrected chi connectivity index (χ3v) is 7.97. The Labute approximate surface area is 193 Å². The van der Waals surface area contributed by atoms with Crippen LogP contribution in [0.25, 0.3) is 0 Å². The van der Waals surface area contributed by atoms with Crippen molar-refractivity contribution in [2.24, 2.45) is 5.41 Å². The van der Waals surface area contributed by atoms with Crippen LogP contribution in [0.3, 0.4) is 0 Å². The van der Waals surface area contributed by atoms with Gasteiger partial charge in [-0.25, -0.2) is 9.59 Å². The molecule has 2 fully saturated rings. The highest BCUT2D eigenvalue weighted by Gasteiger charge is 2.51. The molecule has 4 heterocycles. The van der Waals surface area contributed by atoms with Crippen molar-refractivity contribution in [1.29, 1.82) is 0 Å². The highest BCUT2D eigenvalue weighted by Crippen LogP contribution is 2.44. The standard InChI is InChI=1S/C25H30N2O6/c1-14-17(4-5-18-19(14)13-32-23(18)30)20(28)12-26-9-6-25(7-10-26)8-11-27(24(25)31)21-15(2)22(29)33-16(21)3/h4-5,16,20,28H,6-13H2,1-3H3/t16?,20-/m0/s1. The molecule has 8 nitrogen and oxygen atoms in total. The summed E-state index contributed by atoms with van der Waals surface area (Å²) in [6.45, 7) is 8.27. The Morgan fingerprint density at radius 2 is 1.79 bits per heavy atom. The van der Waals surface area contributed by atoms with Gasteiger partial charge in [-0.1, -0.05) is 6.07 Å². The maximum absolute atomic E-state index is 13.4. The van der Waals surface area contributed by atoms with Crippen LogP contribution >= 0.6 is 0 Å². The molecule has 0 aliphatic carbocycles. The Bertz CT molecular complexity index is 1070. The molecule has 4 aliphatic heterocycles. The molecule has 0 radical (unpaired) electrons. The third-order valence-electron chi connectivity index (χ3n) is 7.97. The molecule has 2 atom stereocenters. The predicted octanol–water partition coefficient (Wildman–Crippen LogP) is 2.23. The van der Waals surface area contributed by atoms with E-state index in [1.165, 1.54) is 0 Å². The van der Waals surface area contributed by atoms with E-state index in [0.717, 1.165) is 49.0 Å². The van der Waals surface area contributed by atoms with Crippen LogP contribution < -0.4 is 0 Å². The number of likely N-dealkylation sites (tertiary alicyclic amines) is 2. The van der Waals surface area contributed by atoms with Crippen molar-refractivity contribution in [2.75, 3.05) is 26.2 Å². The van der Waals surface area contributed by atoms with Crippen molar-refractivity contribution >= 4 is 17.8 Å². The summed E-state index contributed by atoms with van der Waals surface area (Å²) in [6, 6.07) is 3.56. The Balaban J connectivity index is 1.24. The lowest BCUT2D eigenvalue weighted by molar-refractivity contribution is -0.141. The van der Waals surface area contributed by atoms with E-state index in [1.807, 2.05) is 19.9 Å². The number of fused-ring (bicyclic) bond motifs is 1. The van der Waals surface area contributed by atoms with Gasteiger partial charge in [0.25, 0.3) is 0 Å². The SMILES string of the molecule is CC1=C(N2CCC3(CCN(C[C@H](O)c4ccc5c(c4C)COC5=O)CC3)C2=O)C(C)OC1=O. The number of esters is 2. The highest BCUT2D eigenvalue weighted by molar-refractivity contribution is 5.95. The van der Waals surface area contributed by atoms with Gasteiger partial charge in [0, 0.05) is 18.7 Å². The van der Waals surface area contributed by atoms with Crippen molar-refractivity contribution in [1.82, 2.24) is 9.80 Å². The molecule has 0 saturated carbocycles. The summed E-state index contributed by atoms with van der Waals surface area (Å²) in [5.41, 5.74) is 4.02. The van der Waals surface area contributed by atoms with Gasteiger partial charge in [0.15, 0.2) is 0 Å². The zero-order chi connectivity index (χ0) is 23.5. The number of aliphatic hydroxyl groups excluding tert-OH is 1. The summed E-state index contributed by atoms with van der Waals surface area (Å²) in [7, 11) is 0. The molecule has 1 aromatic carbocycles. The summed E-state index contributed by atoms with van der Waals surface area (Å²) in [6.07, 6.45) is 1.18. The molecule has 33 heavy (non-hydrogen) atoms. The quantitative estimate of drug-likeness (QED) is 0.697. The van der Waals surface area contributed by atoms with E-state index >= 15 is 0 Å². The van der Waals surface area contributed by atoms with Crippen LogP contribution in [0, 0.1) is 12.3 Å². The van der Waals surface area contributed by atoms with Crippen LogP contribution in [0.4, 0.5) is 0 Å². The number of benzene rings is 1. The Kier molecular flexibility index (Phi) is 5.33. The lowest BCUT2D eigenvalue weighted by atomic mass is 9.77. The first kappa shape index (κ1) is 22.1. The number of cyclic esters (lactones) is 2. The second-order valence-corrected chi connectivity index (χ2v) is 9.74. The van der Waals surface area contributed by atoms with Gasteiger partial charge in [-0.15, -0.1) is 0 Å². The molecule has 1 unspecified atom stereocenters. The van der Waals surface area contributed by atoms with E-state index < -0.39 is 11.5 Å². The predicted molar refractivity (Wildman–Crippen MR) is 118 cm³/mol. The Hall–Kier alpha value is -2.71. The number of ether oxygens (including phenoxy) is 2. The average molecular weight is 455 g/mol. The smallest absolute Gasteiger partial charge is 0.338 e. The first-order valence-electron chi connectivity index (χ1n) is 11.7. The molecule has 5 rings (SSSR count). The van der Waals surface area contributed by atoms with Gasteiger partial charge >= 0.3 is 11.9 Å². The number of aliphatic hydroxyl groups is 1. The first-order chi connectivity index (χ1) is 15.7. The fraction of sp³-hybridized carbons (Fsp3) is 0.560. The summed E-state index contributed by atoms with van der Waals surface area (Å²) < 4.78 is 10.4. The first-order valence-corrected chi connectivity index (χ1v) is 11.7. The Morgan fingerprint density at radius 3 is 2.45 bits per heavy atom. The molecule has 8 heteroatoms.